The number of ether oxygens (including phenoxy) is 2. The van der Waals surface area contributed by atoms with Crippen molar-refractivity contribution in [3.05, 3.63) is 89.7 Å². The Kier molecular flexibility index (Phi) is 10.6. The van der Waals surface area contributed by atoms with Crippen LogP contribution in [0.1, 0.15) is 31.9 Å². The van der Waals surface area contributed by atoms with Crippen LogP contribution in [0, 0.1) is 5.82 Å². The van der Waals surface area contributed by atoms with E-state index in [1.807, 2.05) is 51.1 Å². The van der Waals surface area contributed by atoms with Gasteiger partial charge in [0.05, 0.1) is 26.2 Å². The van der Waals surface area contributed by atoms with Crippen molar-refractivity contribution in [1.29, 1.82) is 0 Å². The Morgan fingerprint density at radius 2 is 1.60 bits per heavy atom. The van der Waals surface area contributed by atoms with Gasteiger partial charge in [0, 0.05) is 30.1 Å². The third kappa shape index (κ3) is 8.69. The summed E-state index contributed by atoms with van der Waals surface area (Å²) in [6.07, 6.45) is 1.08. The van der Waals surface area contributed by atoms with Crippen molar-refractivity contribution in [2.24, 2.45) is 0 Å². The minimum absolute atomic E-state index is 0.0808. The summed E-state index contributed by atoms with van der Waals surface area (Å²) in [5.41, 5.74) is 0.396. The standard InChI is InChI=1S/C31H38FN3O6S/c1-31(2,3)33-30(37)27(18-22-12-8-7-9-13-22)34(20-23-14-10-11-15-25(23)32)29(36)21-35(42(6,38)39)26-19-24(40-4)16-17-28(26)41-5/h7-17,19,27H,18,20-21H2,1-6H3,(H,33,37)/t27-/m0/s1. The van der Waals surface area contributed by atoms with Gasteiger partial charge < -0.3 is 19.7 Å². The van der Waals surface area contributed by atoms with Gasteiger partial charge in [-0.15, -0.1) is 0 Å². The quantitative estimate of drug-likeness (QED) is 0.335. The highest BCUT2D eigenvalue weighted by Gasteiger charge is 2.35. The summed E-state index contributed by atoms with van der Waals surface area (Å²) in [5, 5.41) is 2.93. The first-order valence-corrected chi connectivity index (χ1v) is 15.2. The summed E-state index contributed by atoms with van der Waals surface area (Å²) in [6.45, 7) is 4.49. The molecule has 0 aliphatic carbocycles. The van der Waals surface area contributed by atoms with Crippen LogP contribution in [-0.4, -0.2) is 63.7 Å². The molecule has 0 aliphatic heterocycles. The smallest absolute Gasteiger partial charge is 0.244 e. The topological polar surface area (TPSA) is 105 Å². The summed E-state index contributed by atoms with van der Waals surface area (Å²) < 4.78 is 52.6. The van der Waals surface area contributed by atoms with Gasteiger partial charge in [-0.25, -0.2) is 12.8 Å². The van der Waals surface area contributed by atoms with Crippen molar-refractivity contribution in [2.45, 2.75) is 45.3 Å². The highest BCUT2D eigenvalue weighted by atomic mass is 32.2. The minimum atomic E-state index is -4.04. The molecule has 0 aromatic heterocycles. The van der Waals surface area contributed by atoms with Gasteiger partial charge >= 0.3 is 0 Å². The molecule has 3 aromatic carbocycles. The SMILES string of the molecule is COc1ccc(OC)c(N(CC(=O)N(Cc2ccccc2F)[C@@H](Cc2ccccc2)C(=O)NC(C)(C)C)S(C)(=O)=O)c1. The minimum Gasteiger partial charge on any atom is -0.497 e. The van der Waals surface area contributed by atoms with Crippen LogP contribution in [0.3, 0.4) is 0 Å². The average Bonchev–Trinajstić information content (AvgIpc) is 2.93. The number of hydrogen-bond acceptors (Lipinski definition) is 6. The van der Waals surface area contributed by atoms with Gasteiger partial charge in [-0.1, -0.05) is 48.5 Å². The van der Waals surface area contributed by atoms with Crippen molar-refractivity contribution in [3.8, 4) is 11.5 Å². The maximum Gasteiger partial charge on any atom is 0.244 e. The first-order valence-electron chi connectivity index (χ1n) is 13.3. The zero-order chi connectivity index (χ0) is 31.1. The van der Waals surface area contributed by atoms with Crippen LogP contribution in [-0.2, 0) is 32.6 Å². The summed E-state index contributed by atoms with van der Waals surface area (Å²) in [4.78, 5) is 29.2. The zero-order valence-corrected chi connectivity index (χ0v) is 25.6. The third-order valence-electron chi connectivity index (χ3n) is 6.40. The van der Waals surface area contributed by atoms with Gasteiger partial charge in [-0.3, -0.25) is 13.9 Å². The van der Waals surface area contributed by atoms with E-state index in [0.717, 1.165) is 16.1 Å². The molecule has 0 spiro atoms. The number of benzene rings is 3. The first kappa shape index (κ1) is 32.4. The Morgan fingerprint density at radius 3 is 2.17 bits per heavy atom. The average molecular weight is 600 g/mol. The lowest BCUT2D eigenvalue weighted by atomic mass is 10.0. The summed E-state index contributed by atoms with van der Waals surface area (Å²) >= 11 is 0. The predicted molar refractivity (Wildman–Crippen MR) is 161 cm³/mol. The highest BCUT2D eigenvalue weighted by Crippen LogP contribution is 2.34. The first-order chi connectivity index (χ1) is 19.7. The molecular weight excluding hydrogens is 561 g/mol. The van der Waals surface area contributed by atoms with Crippen LogP contribution in [0.4, 0.5) is 10.1 Å². The number of rotatable bonds is 12. The number of nitrogens with one attached hydrogen (secondary N) is 1. The number of halogens is 1. The lowest BCUT2D eigenvalue weighted by Gasteiger charge is -2.35. The van der Waals surface area contributed by atoms with Gasteiger partial charge in [0.25, 0.3) is 0 Å². The van der Waals surface area contributed by atoms with E-state index in [1.54, 1.807) is 12.1 Å². The molecule has 3 rings (SSSR count). The van der Waals surface area contributed by atoms with E-state index in [1.165, 1.54) is 49.5 Å². The second kappa shape index (κ2) is 13.7. The molecular formula is C31H38FN3O6S. The van der Waals surface area contributed by atoms with Crippen LogP contribution in [0.5, 0.6) is 11.5 Å². The van der Waals surface area contributed by atoms with Crippen LogP contribution in [0.15, 0.2) is 72.8 Å². The molecule has 0 fully saturated rings. The van der Waals surface area contributed by atoms with Crippen molar-refractivity contribution in [3.63, 3.8) is 0 Å². The van der Waals surface area contributed by atoms with E-state index in [2.05, 4.69) is 5.32 Å². The predicted octanol–water partition coefficient (Wildman–Crippen LogP) is 4.16. The van der Waals surface area contributed by atoms with Crippen molar-refractivity contribution >= 4 is 27.5 Å². The maximum atomic E-state index is 14.9. The molecule has 9 nitrogen and oxygen atoms in total. The number of carbonyl (C=O) groups excluding carboxylic acids is 2. The van der Waals surface area contributed by atoms with Crippen molar-refractivity contribution < 1.29 is 31.9 Å². The lowest BCUT2D eigenvalue weighted by Crippen LogP contribution is -2.56. The number of anilines is 1. The molecule has 0 saturated heterocycles. The molecule has 1 atom stereocenters. The molecule has 0 heterocycles. The molecule has 0 bridgehead atoms. The molecule has 1 N–H and O–H groups in total. The Balaban J connectivity index is 2.14. The normalized spacial score (nSPS) is 12.3. The van der Waals surface area contributed by atoms with Gasteiger partial charge in [-0.2, -0.15) is 0 Å². The monoisotopic (exact) mass is 599 g/mol. The van der Waals surface area contributed by atoms with Crippen molar-refractivity contribution in [2.75, 3.05) is 31.3 Å². The van der Waals surface area contributed by atoms with E-state index in [9.17, 15) is 22.4 Å². The number of carbonyl (C=O) groups is 2. The fraction of sp³-hybridized carbons (Fsp3) is 0.355. The number of sulfonamides is 1. The molecule has 11 heteroatoms. The molecule has 0 radical (unpaired) electrons. The second-order valence-electron chi connectivity index (χ2n) is 10.9. The van der Waals surface area contributed by atoms with E-state index in [4.69, 9.17) is 9.47 Å². The Labute approximate surface area is 247 Å². The maximum absolute atomic E-state index is 14.9. The van der Waals surface area contributed by atoms with E-state index in [-0.39, 0.29) is 30.0 Å². The fourth-order valence-corrected chi connectivity index (χ4v) is 5.25. The number of methoxy groups -OCH3 is 2. The summed E-state index contributed by atoms with van der Waals surface area (Å²) in [6, 6.07) is 18.6. The molecule has 42 heavy (non-hydrogen) atoms. The summed E-state index contributed by atoms with van der Waals surface area (Å²) in [7, 11) is -1.23. The lowest BCUT2D eigenvalue weighted by molar-refractivity contribution is -0.140. The van der Waals surface area contributed by atoms with Gasteiger partial charge in [0.2, 0.25) is 21.8 Å². The van der Waals surface area contributed by atoms with Crippen LogP contribution >= 0.6 is 0 Å². The molecule has 226 valence electrons. The van der Waals surface area contributed by atoms with E-state index >= 15 is 0 Å². The number of nitrogens with zero attached hydrogens (tertiary/aromatic N) is 2. The Morgan fingerprint density at radius 1 is 0.952 bits per heavy atom. The molecule has 3 aromatic rings. The van der Waals surface area contributed by atoms with Gasteiger partial charge in [0.15, 0.2) is 0 Å². The van der Waals surface area contributed by atoms with Gasteiger partial charge in [0.1, 0.15) is 29.9 Å². The zero-order valence-electron chi connectivity index (χ0n) is 24.8. The highest BCUT2D eigenvalue weighted by molar-refractivity contribution is 7.92. The number of amides is 2. The molecule has 0 saturated carbocycles. The van der Waals surface area contributed by atoms with Crippen LogP contribution in [0.2, 0.25) is 0 Å². The van der Waals surface area contributed by atoms with Gasteiger partial charge in [-0.05, 0) is 44.5 Å². The van der Waals surface area contributed by atoms with Crippen LogP contribution in [0.25, 0.3) is 0 Å². The fourth-order valence-electron chi connectivity index (χ4n) is 4.40. The summed E-state index contributed by atoms with van der Waals surface area (Å²) in [5.74, 6) is -1.18. The Hall–Kier alpha value is -4.12. The van der Waals surface area contributed by atoms with Crippen molar-refractivity contribution in [1.82, 2.24) is 10.2 Å². The third-order valence-corrected chi connectivity index (χ3v) is 7.53. The molecule has 0 aliphatic rings. The molecule has 2 amide bonds. The molecule has 0 unspecified atom stereocenters. The van der Waals surface area contributed by atoms with E-state index < -0.39 is 45.8 Å². The largest absolute Gasteiger partial charge is 0.497 e. The second-order valence-corrected chi connectivity index (χ2v) is 12.8. The van der Waals surface area contributed by atoms with Crippen LogP contribution < -0.4 is 19.1 Å². The number of hydrogen-bond donors (Lipinski definition) is 1. The van der Waals surface area contributed by atoms with E-state index in [0.29, 0.717) is 5.75 Å². The Bertz CT molecular complexity index is 1490.